The lowest BCUT2D eigenvalue weighted by atomic mass is 9.85. The van der Waals surface area contributed by atoms with Gasteiger partial charge in [0.1, 0.15) is 17.8 Å². The quantitative estimate of drug-likeness (QED) is 0.512. The number of piperidine rings is 1. The van der Waals surface area contributed by atoms with Gasteiger partial charge in [0.15, 0.2) is 5.82 Å². The van der Waals surface area contributed by atoms with Crippen LogP contribution in [0, 0.1) is 11.7 Å². The summed E-state index contributed by atoms with van der Waals surface area (Å²) < 4.78 is 44.7. The number of carbonyl (C=O) groups is 1. The SMILES string of the molecule is COC(=O)c1cc(F)ccc1N1CCN(C2CCN(C[C@H]3CC[C@H](NS(C)(=O)=O)CC3)CC2)c2ncncc21. The Morgan fingerprint density at radius 1 is 1.08 bits per heavy atom. The fourth-order valence-electron chi connectivity index (χ4n) is 6.33. The molecule has 0 amide bonds. The summed E-state index contributed by atoms with van der Waals surface area (Å²) in [6.07, 6.45) is 10.5. The summed E-state index contributed by atoms with van der Waals surface area (Å²) >= 11 is 0. The molecule has 1 saturated carbocycles. The first-order valence-corrected chi connectivity index (χ1v) is 15.5. The Balaban J connectivity index is 1.22. The van der Waals surface area contributed by atoms with E-state index in [0.29, 0.717) is 24.2 Å². The van der Waals surface area contributed by atoms with Gasteiger partial charge in [-0.15, -0.1) is 0 Å². The maximum atomic E-state index is 14.0. The molecule has 1 aromatic heterocycles. The number of likely N-dealkylation sites (tertiary alicyclic amines) is 1. The standard InChI is InChI=1S/C27H37FN6O4S/c1-38-27(35)23-15-20(28)5-8-24(23)34-14-13-33(26-25(34)16-29-18-30-26)22-9-11-32(12-10-22)17-19-3-6-21(7-4-19)31-39(2,36)37/h5,8,15-16,18-19,21-22,31H,3-4,6-7,9-14,17H2,1-2H3/t19-,21-. The van der Waals surface area contributed by atoms with Crippen LogP contribution in [0.5, 0.6) is 0 Å². The van der Waals surface area contributed by atoms with E-state index in [0.717, 1.165) is 76.2 Å². The molecule has 3 aliphatic rings. The Labute approximate surface area is 229 Å². The molecule has 2 fully saturated rings. The third-order valence-corrected chi connectivity index (χ3v) is 8.96. The number of fused-ring (bicyclic) bond motifs is 1. The van der Waals surface area contributed by atoms with Gasteiger partial charge < -0.3 is 19.4 Å². The topological polar surface area (TPSA) is 108 Å². The molecule has 0 unspecified atom stereocenters. The zero-order chi connectivity index (χ0) is 27.6. The van der Waals surface area contributed by atoms with E-state index in [-0.39, 0.29) is 11.6 Å². The van der Waals surface area contributed by atoms with Crippen molar-refractivity contribution in [3.63, 3.8) is 0 Å². The normalized spacial score (nSPS) is 22.9. The van der Waals surface area contributed by atoms with Crippen LogP contribution < -0.4 is 14.5 Å². The van der Waals surface area contributed by atoms with Crippen LogP contribution in [0.1, 0.15) is 48.9 Å². The van der Waals surface area contributed by atoms with Crippen molar-refractivity contribution in [2.45, 2.75) is 50.6 Å². The number of benzene rings is 1. The first-order valence-electron chi connectivity index (χ1n) is 13.6. The highest BCUT2D eigenvalue weighted by molar-refractivity contribution is 7.88. The summed E-state index contributed by atoms with van der Waals surface area (Å²) in [5, 5.41) is 0. The second-order valence-corrected chi connectivity index (χ2v) is 12.6. The molecule has 2 aliphatic heterocycles. The Morgan fingerprint density at radius 3 is 2.51 bits per heavy atom. The van der Waals surface area contributed by atoms with Gasteiger partial charge in [-0.3, -0.25) is 0 Å². The lowest BCUT2D eigenvalue weighted by molar-refractivity contribution is 0.0601. The second-order valence-electron chi connectivity index (χ2n) is 10.9. The maximum absolute atomic E-state index is 14.0. The lowest BCUT2D eigenvalue weighted by Crippen LogP contribution is -2.50. The van der Waals surface area contributed by atoms with Crippen molar-refractivity contribution in [3.05, 3.63) is 42.1 Å². The zero-order valence-corrected chi connectivity index (χ0v) is 23.4. The molecular weight excluding hydrogens is 523 g/mol. The third kappa shape index (κ3) is 6.50. The largest absolute Gasteiger partial charge is 0.465 e. The number of methoxy groups -OCH3 is 1. The van der Waals surface area contributed by atoms with Crippen LogP contribution in [-0.4, -0.2) is 87.4 Å². The van der Waals surface area contributed by atoms with Crippen LogP contribution in [0.25, 0.3) is 0 Å². The van der Waals surface area contributed by atoms with E-state index in [9.17, 15) is 17.6 Å². The average Bonchev–Trinajstić information content (AvgIpc) is 2.93. The number of nitrogens with zero attached hydrogens (tertiary/aromatic N) is 5. The number of sulfonamides is 1. The van der Waals surface area contributed by atoms with Gasteiger partial charge in [-0.2, -0.15) is 0 Å². The molecule has 212 valence electrons. The molecule has 39 heavy (non-hydrogen) atoms. The molecule has 1 saturated heterocycles. The van der Waals surface area contributed by atoms with Gasteiger partial charge in [0.2, 0.25) is 10.0 Å². The van der Waals surface area contributed by atoms with Crippen molar-refractivity contribution in [1.29, 1.82) is 0 Å². The van der Waals surface area contributed by atoms with E-state index in [4.69, 9.17) is 4.74 Å². The number of hydrogen-bond acceptors (Lipinski definition) is 9. The Morgan fingerprint density at radius 2 is 1.82 bits per heavy atom. The number of esters is 1. The maximum Gasteiger partial charge on any atom is 0.340 e. The van der Waals surface area contributed by atoms with Gasteiger partial charge in [-0.1, -0.05) is 0 Å². The van der Waals surface area contributed by atoms with Gasteiger partial charge in [-0.25, -0.2) is 32.3 Å². The van der Waals surface area contributed by atoms with E-state index in [1.165, 1.54) is 25.5 Å². The number of aromatic nitrogens is 2. The van der Waals surface area contributed by atoms with Gasteiger partial charge >= 0.3 is 5.97 Å². The molecule has 0 spiro atoms. The van der Waals surface area contributed by atoms with E-state index >= 15 is 0 Å². The minimum atomic E-state index is -3.15. The van der Waals surface area contributed by atoms with Crippen molar-refractivity contribution < 1.29 is 22.3 Å². The minimum Gasteiger partial charge on any atom is -0.465 e. The third-order valence-electron chi connectivity index (χ3n) is 8.20. The van der Waals surface area contributed by atoms with Crippen LogP contribution in [-0.2, 0) is 14.8 Å². The van der Waals surface area contributed by atoms with Crippen LogP contribution >= 0.6 is 0 Å². The van der Waals surface area contributed by atoms with Crippen molar-refractivity contribution in [2.75, 3.05) is 55.9 Å². The fraction of sp³-hybridized carbons (Fsp3) is 0.593. The highest BCUT2D eigenvalue weighted by Crippen LogP contribution is 2.39. The molecule has 2 aromatic rings. The monoisotopic (exact) mass is 560 g/mol. The van der Waals surface area contributed by atoms with Crippen molar-refractivity contribution in [1.82, 2.24) is 19.6 Å². The number of anilines is 3. The summed E-state index contributed by atoms with van der Waals surface area (Å²) in [5.41, 5.74) is 1.55. The average molecular weight is 561 g/mol. The van der Waals surface area contributed by atoms with Crippen molar-refractivity contribution in [2.24, 2.45) is 5.92 Å². The Hall–Kier alpha value is -2.83. The Bertz CT molecular complexity index is 1280. The fourth-order valence-corrected chi connectivity index (χ4v) is 7.17. The Kier molecular flexibility index (Phi) is 8.34. The van der Waals surface area contributed by atoms with Gasteiger partial charge in [-0.05, 0) is 62.6 Å². The number of halogens is 1. The van der Waals surface area contributed by atoms with Gasteiger partial charge in [0.05, 0.1) is 30.8 Å². The molecule has 12 heteroatoms. The summed E-state index contributed by atoms with van der Waals surface area (Å²) in [6, 6.07) is 4.59. The predicted octanol–water partition coefficient (Wildman–Crippen LogP) is 2.93. The molecule has 0 radical (unpaired) electrons. The number of nitrogens with one attached hydrogen (secondary N) is 1. The van der Waals surface area contributed by atoms with E-state index in [1.807, 2.05) is 4.90 Å². The molecule has 1 N–H and O–H groups in total. The van der Waals surface area contributed by atoms with Gasteiger partial charge in [0, 0.05) is 44.8 Å². The summed E-state index contributed by atoms with van der Waals surface area (Å²) in [4.78, 5) is 28.2. The highest BCUT2D eigenvalue weighted by Gasteiger charge is 2.34. The first-order chi connectivity index (χ1) is 18.7. The number of carbonyl (C=O) groups excluding carboxylic acids is 1. The molecule has 3 heterocycles. The first kappa shape index (κ1) is 27.7. The molecular formula is C27H37FN6O4S. The summed E-state index contributed by atoms with van der Waals surface area (Å²) in [5.74, 6) is 0.355. The van der Waals surface area contributed by atoms with E-state index in [2.05, 4.69) is 24.5 Å². The molecule has 10 nitrogen and oxygen atoms in total. The number of rotatable bonds is 7. The van der Waals surface area contributed by atoms with E-state index < -0.39 is 21.8 Å². The molecule has 5 rings (SSSR count). The molecule has 0 atom stereocenters. The zero-order valence-electron chi connectivity index (χ0n) is 22.6. The van der Waals surface area contributed by atoms with Crippen molar-refractivity contribution in [3.8, 4) is 0 Å². The van der Waals surface area contributed by atoms with E-state index in [1.54, 1.807) is 18.6 Å². The number of hydrogen-bond donors (Lipinski definition) is 1. The predicted molar refractivity (Wildman–Crippen MR) is 147 cm³/mol. The van der Waals surface area contributed by atoms with Gasteiger partial charge in [0.25, 0.3) is 0 Å². The summed E-state index contributed by atoms with van der Waals surface area (Å²) in [7, 11) is -1.86. The molecule has 1 aliphatic carbocycles. The smallest absolute Gasteiger partial charge is 0.340 e. The lowest BCUT2D eigenvalue weighted by Gasteiger charge is -2.45. The highest BCUT2D eigenvalue weighted by atomic mass is 32.2. The van der Waals surface area contributed by atoms with Crippen LogP contribution in [0.15, 0.2) is 30.7 Å². The minimum absolute atomic E-state index is 0.0707. The van der Waals surface area contributed by atoms with Crippen molar-refractivity contribution >= 4 is 33.2 Å². The van der Waals surface area contributed by atoms with Crippen LogP contribution in [0.3, 0.4) is 0 Å². The second kappa shape index (κ2) is 11.7. The van der Waals surface area contributed by atoms with Crippen LogP contribution in [0.2, 0.25) is 0 Å². The van der Waals surface area contributed by atoms with Crippen LogP contribution in [0.4, 0.5) is 21.6 Å². The summed E-state index contributed by atoms with van der Waals surface area (Å²) in [6.45, 7) is 4.42. The molecule has 1 aromatic carbocycles. The number of ether oxygens (including phenoxy) is 1. The molecule has 0 bridgehead atoms.